The van der Waals surface area contributed by atoms with Crippen LogP contribution in [-0.4, -0.2) is 34.6 Å². The van der Waals surface area contributed by atoms with Crippen molar-refractivity contribution in [2.45, 2.75) is 6.54 Å². The van der Waals surface area contributed by atoms with E-state index in [1.807, 2.05) is 30.3 Å². The predicted molar refractivity (Wildman–Crippen MR) is 101 cm³/mol. The molecule has 0 saturated heterocycles. The Morgan fingerprint density at radius 1 is 1.27 bits per heavy atom. The van der Waals surface area contributed by atoms with Crippen LogP contribution in [0, 0.1) is 0 Å². The molecule has 3 rings (SSSR count). The van der Waals surface area contributed by atoms with E-state index in [1.165, 1.54) is 4.90 Å². The van der Waals surface area contributed by atoms with Gasteiger partial charge < -0.3 is 14.2 Å². The molecular formula is C18H15BrClN3O3. The minimum Gasteiger partial charge on any atom is -0.482 e. The van der Waals surface area contributed by atoms with Crippen molar-refractivity contribution in [2.75, 3.05) is 13.7 Å². The van der Waals surface area contributed by atoms with Crippen LogP contribution in [0.5, 0.6) is 5.75 Å². The fourth-order valence-corrected chi connectivity index (χ4v) is 2.88. The molecule has 1 aromatic heterocycles. The van der Waals surface area contributed by atoms with Crippen LogP contribution in [0.4, 0.5) is 0 Å². The van der Waals surface area contributed by atoms with E-state index in [-0.39, 0.29) is 19.1 Å². The van der Waals surface area contributed by atoms with Crippen molar-refractivity contribution in [1.82, 2.24) is 15.0 Å². The highest BCUT2D eigenvalue weighted by Gasteiger charge is 2.16. The Morgan fingerprint density at radius 3 is 2.77 bits per heavy atom. The van der Waals surface area contributed by atoms with E-state index in [0.717, 1.165) is 10.0 Å². The molecule has 0 fully saturated rings. The standard InChI is InChI=1S/C18H15BrClN3O3/c1-23(17(24)11-25-15-8-7-13(19)9-14(15)20)10-16-21-18(22-26-16)12-5-3-2-4-6-12/h2-9H,10-11H2,1H3. The molecule has 1 heterocycles. The van der Waals surface area contributed by atoms with Gasteiger partial charge in [0.15, 0.2) is 6.61 Å². The summed E-state index contributed by atoms with van der Waals surface area (Å²) in [5, 5.41) is 4.36. The molecule has 134 valence electrons. The van der Waals surface area contributed by atoms with Crippen LogP contribution in [0.25, 0.3) is 11.4 Å². The number of rotatable bonds is 6. The van der Waals surface area contributed by atoms with Crippen LogP contribution in [0.1, 0.15) is 5.89 Å². The fraction of sp³-hybridized carbons (Fsp3) is 0.167. The van der Waals surface area contributed by atoms with Gasteiger partial charge in [0.25, 0.3) is 5.91 Å². The van der Waals surface area contributed by atoms with E-state index in [0.29, 0.717) is 22.5 Å². The lowest BCUT2D eigenvalue weighted by Gasteiger charge is -2.15. The first-order valence-electron chi connectivity index (χ1n) is 7.73. The van der Waals surface area contributed by atoms with Gasteiger partial charge in [-0.15, -0.1) is 0 Å². The molecule has 0 unspecified atom stereocenters. The average Bonchev–Trinajstić information content (AvgIpc) is 3.10. The summed E-state index contributed by atoms with van der Waals surface area (Å²) in [6.07, 6.45) is 0. The molecule has 8 heteroatoms. The Morgan fingerprint density at radius 2 is 2.04 bits per heavy atom. The molecule has 0 aliphatic rings. The van der Waals surface area contributed by atoms with E-state index in [4.69, 9.17) is 20.9 Å². The third kappa shape index (κ3) is 4.62. The summed E-state index contributed by atoms with van der Waals surface area (Å²) in [6, 6.07) is 14.7. The van der Waals surface area contributed by atoms with Crippen LogP contribution in [0.15, 0.2) is 57.5 Å². The molecule has 0 saturated carbocycles. The van der Waals surface area contributed by atoms with Crippen molar-refractivity contribution in [3.8, 4) is 17.1 Å². The maximum atomic E-state index is 12.2. The molecule has 0 spiro atoms. The molecule has 26 heavy (non-hydrogen) atoms. The average molecular weight is 437 g/mol. The first-order chi connectivity index (χ1) is 12.5. The molecule has 1 amide bonds. The van der Waals surface area contributed by atoms with Crippen LogP contribution in [-0.2, 0) is 11.3 Å². The number of likely N-dealkylation sites (N-methyl/N-ethyl adjacent to an activating group) is 1. The smallest absolute Gasteiger partial charge is 0.260 e. The molecule has 2 aromatic carbocycles. The second-order valence-electron chi connectivity index (χ2n) is 5.49. The first-order valence-corrected chi connectivity index (χ1v) is 8.90. The number of amides is 1. The van der Waals surface area contributed by atoms with Gasteiger partial charge in [0, 0.05) is 17.1 Å². The Bertz CT molecular complexity index is 902. The second-order valence-corrected chi connectivity index (χ2v) is 6.81. The summed E-state index contributed by atoms with van der Waals surface area (Å²) in [4.78, 5) is 18.0. The number of hydrogen-bond donors (Lipinski definition) is 0. The molecule has 0 N–H and O–H groups in total. The van der Waals surface area contributed by atoms with E-state index < -0.39 is 0 Å². The molecular weight excluding hydrogens is 422 g/mol. The van der Waals surface area contributed by atoms with Gasteiger partial charge in [0.05, 0.1) is 11.6 Å². The van der Waals surface area contributed by atoms with Crippen molar-refractivity contribution < 1.29 is 14.1 Å². The Labute approximate surface area is 163 Å². The van der Waals surface area contributed by atoms with E-state index in [9.17, 15) is 4.79 Å². The van der Waals surface area contributed by atoms with Crippen molar-refractivity contribution in [3.63, 3.8) is 0 Å². The number of ether oxygens (including phenoxy) is 1. The second kappa shape index (κ2) is 8.33. The van der Waals surface area contributed by atoms with Crippen LogP contribution >= 0.6 is 27.5 Å². The highest BCUT2D eigenvalue weighted by Crippen LogP contribution is 2.27. The minimum absolute atomic E-state index is 0.141. The Kier molecular flexibility index (Phi) is 5.90. The van der Waals surface area contributed by atoms with Crippen LogP contribution in [0.2, 0.25) is 5.02 Å². The zero-order valence-corrected chi connectivity index (χ0v) is 16.2. The molecule has 0 atom stereocenters. The normalized spacial score (nSPS) is 10.6. The summed E-state index contributed by atoms with van der Waals surface area (Å²) >= 11 is 9.39. The highest BCUT2D eigenvalue weighted by atomic mass is 79.9. The number of carbonyl (C=O) groups is 1. The number of nitrogens with zero attached hydrogens (tertiary/aromatic N) is 3. The predicted octanol–water partition coefficient (Wildman–Crippen LogP) is 4.19. The van der Waals surface area contributed by atoms with E-state index >= 15 is 0 Å². The lowest BCUT2D eigenvalue weighted by Crippen LogP contribution is -2.31. The quantitative estimate of drug-likeness (QED) is 0.579. The minimum atomic E-state index is -0.233. The molecule has 0 bridgehead atoms. The van der Waals surface area contributed by atoms with Gasteiger partial charge in [-0.25, -0.2) is 0 Å². The fourth-order valence-electron chi connectivity index (χ4n) is 2.16. The van der Waals surface area contributed by atoms with Crippen LogP contribution < -0.4 is 4.74 Å². The summed E-state index contributed by atoms with van der Waals surface area (Å²) < 4.78 is 11.5. The lowest BCUT2D eigenvalue weighted by molar-refractivity contribution is -0.132. The topological polar surface area (TPSA) is 68.5 Å². The van der Waals surface area contributed by atoms with Gasteiger partial charge in [-0.05, 0) is 18.2 Å². The number of benzene rings is 2. The SMILES string of the molecule is CN(Cc1nc(-c2ccccc2)no1)C(=O)COc1ccc(Br)cc1Cl. The Hall–Kier alpha value is -2.38. The Balaban J connectivity index is 1.57. The van der Waals surface area contributed by atoms with Gasteiger partial charge in [0.1, 0.15) is 5.75 Å². The first kappa shape index (κ1) is 18.4. The summed E-state index contributed by atoms with van der Waals surface area (Å²) in [6.45, 7) is 0.0492. The third-order valence-corrected chi connectivity index (χ3v) is 4.33. The van der Waals surface area contributed by atoms with Crippen molar-refractivity contribution >= 4 is 33.4 Å². The van der Waals surface area contributed by atoms with Gasteiger partial charge in [0.2, 0.25) is 11.7 Å². The van der Waals surface area contributed by atoms with E-state index in [2.05, 4.69) is 26.1 Å². The maximum Gasteiger partial charge on any atom is 0.260 e. The summed E-state index contributed by atoms with van der Waals surface area (Å²) in [5.41, 5.74) is 0.852. The molecule has 0 radical (unpaired) electrons. The van der Waals surface area contributed by atoms with Crippen molar-refractivity contribution in [1.29, 1.82) is 0 Å². The largest absolute Gasteiger partial charge is 0.482 e. The van der Waals surface area contributed by atoms with Crippen molar-refractivity contribution in [2.24, 2.45) is 0 Å². The number of hydrogen-bond acceptors (Lipinski definition) is 5. The maximum absolute atomic E-state index is 12.2. The zero-order chi connectivity index (χ0) is 18.5. The third-order valence-electron chi connectivity index (χ3n) is 3.54. The molecule has 6 nitrogen and oxygen atoms in total. The monoisotopic (exact) mass is 435 g/mol. The van der Waals surface area contributed by atoms with Crippen LogP contribution in [0.3, 0.4) is 0 Å². The van der Waals surface area contributed by atoms with Gasteiger partial charge in [-0.2, -0.15) is 4.98 Å². The summed E-state index contributed by atoms with van der Waals surface area (Å²) in [7, 11) is 1.64. The number of halogens is 2. The highest BCUT2D eigenvalue weighted by molar-refractivity contribution is 9.10. The van der Waals surface area contributed by atoms with E-state index in [1.54, 1.807) is 25.2 Å². The van der Waals surface area contributed by atoms with Crippen molar-refractivity contribution in [3.05, 3.63) is 63.9 Å². The molecule has 3 aromatic rings. The molecule has 0 aliphatic carbocycles. The lowest BCUT2D eigenvalue weighted by atomic mass is 10.2. The number of aromatic nitrogens is 2. The van der Waals surface area contributed by atoms with Gasteiger partial charge in [-0.3, -0.25) is 4.79 Å². The summed E-state index contributed by atoms with van der Waals surface area (Å²) in [5.74, 6) is 1.05. The van der Waals surface area contributed by atoms with Gasteiger partial charge >= 0.3 is 0 Å². The number of carbonyl (C=O) groups excluding carboxylic acids is 1. The zero-order valence-electron chi connectivity index (χ0n) is 13.9. The molecule has 0 aliphatic heterocycles. The van der Waals surface area contributed by atoms with Gasteiger partial charge in [-0.1, -0.05) is 63.0 Å².